The van der Waals surface area contributed by atoms with Gasteiger partial charge in [-0.3, -0.25) is 0 Å². The molecule has 1 aromatic rings. The summed E-state index contributed by atoms with van der Waals surface area (Å²) in [6.45, 7) is 5.80. The fraction of sp³-hybridized carbons (Fsp3) is 0.615. The summed E-state index contributed by atoms with van der Waals surface area (Å²) in [5.74, 6) is 1.82. The van der Waals surface area contributed by atoms with Gasteiger partial charge in [-0.1, -0.05) is 0 Å². The third-order valence-electron chi connectivity index (χ3n) is 3.96. The largest absolute Gasteiger partial charge is 0.365 e. The van der Waals surface area contributed by atoms with Crippen LogP contribution in [0.2, 0.25) is 0 Å². The lowest BCUT2D eigenvalue weighted by Gasteiger charge is -2.45. The normalized spacial score (nSPS) is 31.5. The number of halogens is 1. The monoisotopic (exact) mass is 295 g/mol. The van der Waals surface area contributed by atoms with Crippen molar-refractivity contribution in [3.8, 4) is 0 Å². The minimum absolute atomic E-state index is 0.573. The van der Waals surface area contributed by atoms with E-state index in [2.05, 4.69) is 44.1 Å². The third kappa shape index (κ3) is 2.33. The lowest BCUT2D eigenvalue weighted by Crippen LogP contribution is -2.53. The summed E-state index contributed by atoms with van der Waals surface area (Å²) in [4.78, 5) is 7.03. The number of nitrogens with zero attached hydrogens (tertiary/aromatic N) is 2. The first-order valence-corrected chi connectivity index (χ1v) is 7.13. The van der Waals surface area contributed by atoms with E-state index in [1.54, 1.807) is 0 Å². The van der Waals surface area contributed by atoms with Crippen molar-refractivity contribution in [1.29, 1.82) is 0 Å². The standard InChI is InChI=1S/C13H18BrN3/c1-9-6-11(14)13(15-7-9)16-12-8-17-4-2-10(12)3-5-17/h6-7,10,12H,2-5,8H2,1H3,(H,15,16). The molecule has 17 heavy (non-hydrogen) atoms. The molecule has 0 radical (unpaired) electrons. The number of rotatable bonds is 2. The molecule has 0 amide bonds. The fourth-order valence-corrected chi connectivity index (χ4v) is 3.52. The first kappa shape index (κ1) is 11.5. The van der Waals surface area contributed by atoms with Crippen LogP contribution in [0.3, 0.4) is 0 Å². The van der Waals surface area contributed by atoms with Crippen LogP contribution >= 0.6 is 15.9 Å². The highest BCUT2D eigenvalue weighted by atomic mass is 79.9. The molecule has 3 fully saturated rings. The Morgan fingerprint density at radius 2 is 2.18 bits per heavy atom. The highest BCUT2D eigenvalue weighted by Gasteiger charge is 2.34. The molecule has 1 atom stereocenters. The van der Waals surface area contributed by atoms with E-state index in [9.17, 15) is 0 Å². The van der Waals surface area contributed by atoms with Gasteiger partial charge in [0.2, 0.25) is 0 Å². The predicted molar refractivity (Wildman–Crippen MR) is 73.2 cm³/mol. The number of hydrogen-bond acceptors (Lipinski definition) is 3. The van der Waals surface area contributed by atoms with Gasteiger partial charge in [0, 0.05) is 18.8 Å². The number of aromatic nitrogens is 1. The molecule has 0 aromatic carbocycles. The van der Waals surface area contributed by atoms with E-state index < -0.39 is 0 Å². The van der Waals surface area contributed by atoms with E-state index in [0.29, 0.717) is 6.04 Å². The molecular formula is C13H18BrN3. The van der Waals surface area contributed by atoms with E-state index in [1.807, 2.05) is 6.20 Å². The Balaban J connectivity index is 1.74. The van der Waals surface area contributed by atoms with Gasteiger partial charge in [0.1, 0.15) is 5.82 Å². The molecular weight excluding hydrogens is 278 g/mol. The molecule has 4 heterocycles. The SMILES string of the molecule is Cc1cnc(NC2CN3CCC2CC3)c(Br)c1. The summed E-state index contributed by atoms with van der Waals surface area (Å²) in [5, 5.41) is 3.61. The lowest BCUT2D eigenvalue weighted by atomic mass is 9.84. The fourth-order valence-electron chi connectivity index (χ4n) is 2.94. The van der Waals surface area contributed by atoms with Crippen LogP contribution in [0.1, 0.15) is 18.4 Å². The maximum atomic E-state index is 4.48. The number of piperidine rings is 3. The van der Waals surface area contributed by atoms with Crippen LogP contribution in [0.15, 0.2) is 16.7 Å². The van der Waals surface area contributed by atoms with Crippen LogP contribution in [-0.2, 0) is 0 Å². The second kappa shape index (κ2) is 4.58. The summed E-state index contributed by atoms with van der Waals surface area (Å²) in [6, 6.07) is 2.69. The van der Waals surface area contributed by atoms with Crippen LogP contribution in [-0.4, -0.2) is 35.6 Å². The number of nitrogens with one attached hydrogen (secondary N) is 1. The molecule has 3 aliphatic rings. The van der Waals surface area contributed by atoms with Crippen LogP contribution < -0.4 is 5.32 Å². The van der Waals surface area contributed by atoms with Gasteiger partial charge in [0.05, 0.1) is 4.47 Å². The van der Waals surface area contributed by atoms with Gasteiger partial charge >= 0.3 is 0 Å². The summed E-state index contributed by atoms with van der Waals surface area (Å²) >= 11 is 3.59. The maximum absolute atomic E-state index is 4.48. The molecule has 92 valence electrons. The number of aryl methyl sites for hydroxylation is 1. The van der Waals surface area contributed by atoms with Crippen molar-refractivity contribution in [2.75, 3.05) is 25.0 Å². The Labute approximate surface area is 111 Å². The van der Waals surface area contributed by atoms with Gasteiger partial charge in [-0.05, 0) is 66.3 Å². The highest BCUT2D eigenvalue weighted by Crippen LogP contribution is 2.31. The van der Waals surface area contributed by atoms with Crippen molar-refractivity contribution in [1.82, 2.24) is 9.88 Å². The second-order valence-corrected chi connectivity index (χ2v) is 6.09. The average molecular weight is 296 g/mol. The Morgan fingerprint density at radius 1 is 1.41 bits per heavy atom. The summed E-state index contributed by atoms with van der Waals surface area (Å²) in [6.07, 6.45) is 4.59. The molecule has 1 unspecified atom stereocenters. The van der Waals surface area contributed by atoms with E-state index >= 15 is 0 Å². The molecule has 0 spiro atoms. The predicted octanol–water partition coefficient (Wildman–Crippen LogP) is 2.66. The number of anilines is 1. The third-order valence-corrected chi connectivity index (χ3v) is 4.56. The van der Waals surface area contributed by atoms with Crippen molar-refractivity contribution in [2.24, 2.45) is 5.92 Å². The van der Waals surface area contributed by atoms with Crippen molar-refractivity contribution < 1.29 is 0 Å². The van der Waals surface area contributed by atoms with E-state index in [4.69, 9.17) is 0 Å². The van der Waals surface area contributed by atoms with E-state index in [0.717, 1.165) is 16.2 Å². The zero-order chi connectivity index (χ0) is 11.8. The molecule has 4 rings (SSSR count). The highest BCUT2D eigenvalue weighted by molar-refractivity contribution is 9.10. The molecule has 3 nitrogen and oxygen atoms in total. The van der Waals surface area contributed by atoms with Gasteiger partial charge in [-0.2, -0.15) is 0 Å². The quantitative estimate of drug-likeness (QED) is 0.909. The number of hydrogen-bond donors (Lipinski definition) is 1. The number of fused-ring (bicyclic) bond motifs is 3. The van der Waals surface area contributed by atoms with Gasteiger partial charge in [-0.15, -0.1) is 0 Å². The molecule has 3 aliphatic heterocycles. The van der Waals surface area contributed by atoms with Crippen LogP contribution in [0.25, 0.3) is 0 Å². The molecule has 0 aliphatic carbocycles. The van der Waals surface area contributed by atoms with Gasteiger partial charge in [-0.25, -0.2) is 4.98 Å². The molecule has 4 heteroatoms. The first-order chi connectivity index (χ1) is 8.22. The molecule has 3 saturated heterocycles. The van der Waals surface area contributed by atoms with Crippen LogP contribution in [0.4, 0.5) is 5.82 Å². The van der Waals surface area contributed by atoms with Crippen LogP contribution in [0, 0.1) is 12.8 Å². The first-order valence-electron chi connectivity index (χ1n) is 6.33. The smallest absolute Gasteiger partial charge is 0.140 e. The minimum Gasteiger partial charge on any atom is -0.365 e. The Morgan fingerprint density at radius 3 is 2.76 bits per heavy atom. The molecule has 1 N–H and O–H groups in total. The molecule has 0 saturated carbocycles. The van der Waals surface area contributed by atoms with Crippen LogP contribution in [0.5, 0.6) is 0 Å². The molecule has 2 bridgehead atoms. The number of pyridine rings is 1. The van der Waals surface area contributed by atoms with Gasteiger partial charge in [0.15, 0.2) is 0 Å². The van der Waals surface area contributed by atoms with Crippen molar-refractivity contribution in [2.45, 2.75) is 25.8 Å². The Hall–Kier alpha value is -0.610. The Kier molecular flexibility index (Phi) is 3.09. The molecule has 1 aromatic heterocycles. The van der Waals surface area contributed by atoms with Gasteiger partial charge in [0.25, 0.3) is 0 Å². The van der Waals surface area contributed by atoms with Gasteiger partial charge < -0.3 is 10.2 Å². The minimum atomic E-state index is 0.573. The average Bonchev–Trinajstić information content (AvgIpc) is 2.34. The summed E-state index contributed by atoms with van der Waals surface area (Å²) < 4.78 is 1.08. The van der Waals surface area contributed by atoms with E-state index in [1.165, 1.54) is 38.0 Å². The van der Waals surface area contributed by atoms with Crippen molar-refractivity contribution in [3.63, 3.8) is 0 Å². The zero-order valence-electron chi connectivity index (χ0n) is 10.1. The Bertz CT molecular complexity index is 413. The van der Waals surface area contributed by atoms with E-state index in [-0.39, 0.29) is 0 Å². The van der Waals surface area contributed by atoms with Crippen molar-refractivity contribution >= 4 is 21.7 Å². The summed E-state index contributed by atoms with van der Waals surface area (Å²) in [5.41, 5.74) is 1.19. The summed E-state index contributed by atoms with van der Waals surface area (Å²) in [7, 11) is 0. The topological polar surface area (TPSA) is 28.2 Å². The zero-order valence-corrected chi connectivity index (χ0v) is 11.7. The van der Waals surface area contributed by atoms with Crippen molar-refractivity contribution in [3.05, 3.63) is 22.3 Å². The second-order valence-electron chi connectivity index (χ2n) is 5.23. The lowest BCUT2D eigenvalue weighted by molar-refractivity contribution is 0.0973. The maximum Gasteiger partial charge on any atom is 0.140 e.